The molecule has 0 aromatic heterocycles. The summed E-state index contributed by atoms with van der Waals surface area (Å²) in [5.41, 5.74) is 0. The molecule has 100 valence electrons. The van der Waals surface area contributed by atoms with Gasteiger partial charge in [0, 0.05) is 19.1 Å². The Morgan fingerprint density at radius 3 is 2.88 bits per heavy atom. The molecule has 4 nitrogen and oxygen atoms in total. The predicted molar refractivity (Wildman–Crippen MR) is 69.4 cm³/mol. The van der Waals surface area contributed by atoms with E-state index in [4.69, 9.17) is 4.74 Å². The maximum Gasteiger partial charge on any atom is 0.250 e. The molecule has 2 N–H and O–H groups in total. The molecule has 1 aliphatic carbocycles. The van der Waals surface area contributed by atoms with E-state index in [-0.39, 0.29) is 24.4 Å². The molecule has 1 saturated carbocycles. The summed E-state index contributed by atoms with van der Waals surface area (Å²) in [5.74, 6) is 0.802. The first-order valence-electron chi connectivity index (χ1n) is 6.38. The molecule has 0 bridgehead atoms. The molecule has 1 aliphatic heterocycles. The Hall–Kier alpha value is -0.320. The van der Waals surface area contributed by atoms with Gasteiger partial charge in [-0.05, 0) is 18.8 Å². The summed E-state index contributed by atoms with van der Waals surface area (Å²) in [7, 11) is 0. The van der Waals surface area contributed by atoms with Crippen LogP contribution in [-0.2, 0) is 9.53 Å². The number of halogens is 1. The number of morpholine rings is 1. The lowest BCUT2D eigenvalue weighted by Gasteiger charge is -2.30. The average molecular weight is 263 g/mol. The number of hydrogen-bond acceptors (Lipinski definition) is 3. The van der Waals surface area contributed by atoms with Crippen LogP contribution in [0.3, 0.4) is 0 Å². The first-order chi connectivity index (χ1) is 7.75. The zero-order valence-electron chi connectivity index (χ0n) is 10.4. The van der Waals surface area contributed by atoms with E-state index in [0.717, 1.165) is 25.3 Å². The molecule has 1 saturated heterocycles. The van der Waals surface area contributed by atoms with Crippen molar-refractivity contribution in [2.45, 2.75) is 44.8 Å². The molecule has 2 rings (SSSR count). The van der Waals surface area contributed by atoms with Crippen LogP contribution in [0.4, 0.5) is 0 Å². The molecule has 17 heavy (non-hydrogen) atoms. The predicted octanol–water partition coefficient (Wildman–Crippen LogP) is 1.09. The van der Waals surface area contributed by atoms with Crippen molar-refractivity contribution in [3.05, 3.63) is 0 Å². The normalized spacial score (nSPS) is 33.6. The van der Waals surface area contributed by atoms with Gasteiger partial charge in [0.2, 0.25) is 0 Å². The van der Waals surface area contributed by atoms with Crippen molar-refractivity contribution in [2.75, 3.05) is 19.7 Å². The van der Waals surface area contributed by atoms with Crippen molar-refractivity contribution in [3.8, 4) is 0 Å². The minimum Gasteiger partial charge on any atom is -0.366 e. The lowest BCUT2D eigenvalue weighted by molar-refractivity contribution is -0.135. The number of hydrogen-bond donors (Lipinski definition) is 2. The van der Waals surface area contributed by atoms with Gasteiger partial charge < -0.3 is 15.4 Å². The van der Waals surface area contributed by atoms with Crippen LogP contribution < -0.4 is 10.6 Å². The van der Waals surface area contributed by atoms with Gasteiger partial charge >= 0.3 is 0 Å². The SMILES string of the molecule is CC1CCCC(NC(=O)C2CNCCO2)C1.Cl. The van der Waals surface area contributed by atoms with Crippen molar-refractivity contribution < 1.29 is 9.53 Å². The maximum absolute atomic E-state index is 11.9. The quantitative estimate of drug-likeness (QED) is 0.783. The van der Waals surface area contributed by atoms with E-state index < -0.39 is 0 Å². The van der Waals surface area contributed by atoms with Gasteiger partial charge in [0.25, 0.3) is 5.91 Å². The van der Waals surface area contributed by atoms with Crippen LogP contribution in [0, 0.1) is 5.92 Å². The molecule has 0 aromatic carbocycles. The van der Waals surface area contributed by atoms with Crippen LogP contribution in [0.2, 0.25) is 0 Å². The summed E-state index contributed by atoms with van der Waals surface area (Å²) >= 11 is 0. The van der Waals surface area contributed by atoms with E-state index in [2.05, 4.69) is 17.6 Å². The van der Waals surface area contributed by atoms with Crippen LogP contribution in [0.25, 0.3) is 0 Å². The van der Waals surface area contributed by atoms with E-state index in [1.807, 2.05) is 0 Å². The largest absolute Gasteiger partial charge is 0.366 e. The Bertz CT molecular complexity index is 245. The Labute approximate surface area is 109 Å². The second-order valence-electron chi connectivity index (χ2n) is 5.04. The maximum atomic E-state index is 11.9. The smallest absolute Gasteiger partial charge is 0.250 e. The Kier molecular flexibility index (Phi) is 6.23. The molecular formula is C12H23ClN2O2. The van der Waals surface area contributed by atoms with E-state index in [0.29, 0.717) is 19.2 Å². The fourth-order valence-corrected chi connectivity index (χ4v) is 2.59. The standard InChI is InChI=1S/C12H22N2O2.ClH/c1-9-3-2-4-10(7-9)14-12(15)11-8-13-5-6-16-11;/h9-11,13H,2-8H2,1H3,(H,14,15);1H. The zero-order chi connectivity index (χ0) is 11.4. The lowest BCUT2D eigenvalue weighted by atomic mass is 9.87. The Morgan fingerprint density at radius 2 is 2.24 bits per heavy atom. The summed E-state index contributed by atoms with van der Waals surface area (Å²) in [6, 6.07) is 0.363. The first kappa shape index (κ1) is 14.7. The van der Waals surface area contributed by atoms with Crippen molar-refractivity contribution in [1.29, 1.82) is 0 Å². The molecule has 1 amide bonds. The van der Waals surface area contributed by atoms with Crippen LogP contribution >= 0.6 is 12.4 Å². The number of carbonyl (C=O) groups excluding carboxylic acids is 1. The highest BCUT2D eigenvalue weighted by Crippen LogP contribution is 2.23. The fourth-order valence-electron chi connectivity index (χ4n) is 2.59. The van der Waals surface area contributed by atoms with Gasteiger partial charge in [-0.25, -0.2) is 0 Å². The number of carbonyl (C=O) groups is 1. The monoisotopic (exact) mass is 262 g/mol. The number of rotatable bonds is 2. The van der Waals surface area contributed by atoms with E-state index in [9.17, 15) is 4.79 Å². The summed E-state index contributed by atoms with van der Waals surface area (Å²) in [6.45, 7) is 4.40. The third kappa shape index (κ3) is 4.45. The van der Waals surface area contributed by atoms with Gasteiger partial charge in [0.05, 0.1) is 6.61 Å². The second kappa shape index (κ2) is 7.19. The summed E-state index contributed by atoms with van der Waals surface area (Å²) in [4.78, 5) is 11.9. The van der Waals surface area contributed by atoms with Crippen LogP contribution in [0.1, 0.15) is 32.6 Å². The second-order valence-corrected chi connectivity index (χ2v) is 5.04. The molecule has 1 heterocycles. The van der Waals surface area contributed by atoms with Gasteiger partial charge in [0.1, 0.15) is 6.10 Å². The zero-order valence-corrected chi connectivity index (χ0v) is 11.2. The van der Waals surface area contributed by atoms with Crippen LogP contribution in [0.15, 0.2) is 0 Å². The van der Waals surface area contributed by atoms with Gasteiger partial charge in [-0.3, -0.25) is 4.79 Å². The Morgan fingerprint density at radius 1 is 1.41 bits per heavy atom. The minimum absolute atomic E-state index is 0. The number of amides is 1. The summed E-state index contributed by atoms with van der Waals surface area (Å²) < 4.78 is 5.43. The molecule has 0 spiro atoms. The van der Waals surface area contributed by atoms with Crippen LogP contribution in [-0.4, -0.2) is 37.7 Å². The van der Waals surface area contributed by atoms with Crippen molar-refractivity contribution in [2.24, 2.45) is 5.92 Å². The first-order valence-corrected chi connectivity index (χ1v) is 6.38. The molecule has 3 unspecified atom stereocenters. The van der Waals surface area contributed by atoms with Crippen LogP contribution in [0.5, 0.6) is 0 Å². The van der Waals surface area contributed by atoms with Crippen molar-refractivity contribution in [3.63, 3.8) is 0 Å². The highest BCUT2D eigenvalue weighted by atomic mass is 35.5. The summed E-state index contributed by atoms with van der Waals surface area (Å²) in [5, 5.41) is 6.29. The highest BCUT2D eigenvalue weighted by Gasteiger charge is 2.26. The molecule has 0 radical (unpaired) electrons. The van der Waals surface area contributed by atoms with Gasteiger partial charge in [-0.2, -0.15) is 0 Å². The molecule has 2 aliphatic rings. The third-order valence-corrected chi connectivity index (χ3v) is 3.50. The Balaban J connectivity index is 0.00000144. The molecular weight excluding hydrogens is 240 g/mol. The lowest BCUT2D eigenvalue weighted by Crippen LogP contribution is -2.50. The van der Waals surface area contributed by atoms with E-state index in [1.54, 1.807) is 0 Å². The van der Waals surface area contributed by atoms with Gasteiger partial charge in [0.15, 0.2) is 0 Å². The molecule has 2 fully saturated rings. The minimum atomic E-state index is -0.286. The van der Waals surface area contributed by atoms with Crippen molar-refractivity contribution >= 4 is 18.3 Å². The van der Waals surface area contributed by atoms with Crippen molar-refractivity contribution in [1.82, 2.24) is 10.6 Å². The topological polar surface area (TPSA) is 50.4 Å². The average Bonchev–Trinajstić information content (AvgIpc) is 2.30. The summed E-state index contributed by atoms with van der Waals surface area (Å²) in [6.07, 6.45) is 4.48. The number of nitrogens with one attached hydrogen (secondary N) is 2. The fraction of sp³-hybridized carbons (Fsp3) is 0.917. The van der Waals surface area contributed by atoms with E-state index in [1.165, 1.54) is 12.8 Å². The third-order valence-electron chi connectivity index (χ3n) is 3.50. The molecule has 3 atom stereocenters. The molecule has 5 heteroatoms. The van der Waals surface area contributed by atoms with Gasteiger partial charge in [-0.15, -0.1) is 12.4 Å². The molecule has 0 aromatic rings. The van der Waals surface area contributed by atoms with E-state index >= 15 is 0 Å². The van der Waals surface area contributed by atoms with Gasteiger partial charge in [-0.1, -0.05) is 19.8 Å². The number of ether oxygens (including phenoxy) is 1. The highest BCUT2D eigenvalue weighted by molar-refractivity contribution is 5.85.